The molecule has 0 aromatic carbocycles. The van der Waals surface area contributed by atoms with Crippen molar-refractivity contribution in [1.82, 2.24) is 5.32 Å². The van der Waals surface area contributed by atoms with Crippen molar-refractivity contribution < 1.29 is 9.59 Å². The Kier molecular flexibility index (Phi) is 2.04. The molecule has 0 saturated heterocycles. The van der Waals surface area contributed by atoms with Crippen molar-refractivity contribution in [3.8, 4) is 0 Å². The SMILES string of the molecule is O=Cc1cc2c(s1)NC(=O)NC21CCCC1. The van der Waals surface area contributed by atoms with E-state index in [2.05, 4.69) is 10.6 Å². The zero-order valence-corrected chi connectivity index (χ0v) is 9.52. The Hall–Kier alpha value is -1.36. The van der Waals surface area contributed by atoms with Crippen LogP contribution in [0.4, 0.5) is 9.80 Å². The zero-order chi connectivity index (χ0) is 11.2. The fraction of sp³-hybridized carbons (Fsp3) is 0.455. The third-order valence-electron chi connectivity index (χ3n) is 3.42. The first-order chi connectivity index (χ1) is 7.73. The lowest BCUT2D eigenvalue weighted by atomic mass is 9.88. The van der Waals surface area contributed by atoms with Crippen LogP contribution in [0.5, 0.6) is 0 Å². The molecule has 1 aromatic rings. The smallest absolute Gasteiger partial charge is 0.320 e. The Balaban J connectivity index is 2.12. The molecular weight excluding hydrogens is 224 g/mol. The van der Waals surface area contributed by atoms with Gasteiger partial charge in [0.2, 0.25) is 0 Å². The van der Waals surface area contributed by atoms with Crippen molar-refractivity contribution in [3.05, 3.63) is 16.5 Å². The summed E-state index contributed by atoms with van der Waals surface area (Å²) in [5.41, 5.74) is 0.881. The molecule has 5 heteroatoms. The second-order valence-corrected chi connectivity index (χ2v) is 5.46. The van der Waals surface area contributed by atoms with E-state index in [9.17, 15) is 9.59 Å². The number of anilines is 1. The summed E-state index contributed by atoms with van der Waals surface area (Å²) in [7, 11) is 0. The molecule has 1 saturated carbocycles. The van der Waals surface area contributed by atoms with Crippen molar-refractivity contribution in [3.63, 3.8) is 0 Å². The van der Waals surface area contributed by atoms with Gasteiger partial charge in [0, 0.05) is 5.56 Å². The third-order valence-corrected chi connectivity index (χ3v) is 4.40. The van der Waals surface area contributed by atoms with E-state index in [0.717, 1.165) is 42.5 Å². The molecule has 1 aliphatic heterocycles. The minimum Gasteiger partial charge on any atom is -0.328 e. The summed E-state index contributed by atoms with van der Waals surface area (Å²) in [6.07, 6.45) is 5.06. The molecule has 1 fully saturated rings. The zero-order valence-electron chi connectivity index (χ0n) is 8.71. The molecule has 3 rings (SSSR count). The standard InChI is InChI=1S/C11H12N2O2S/c14-6-7-5-8-9(16-7)12-10(15)13-11(8)3-1-2-4-11/h5-6H,1-4H2,(H2,12,13,15). The van der Waals surface area contributed by atoms with Crippen LogP contribution in [0.2, 0.25) is 0 Å². The van der Waals surface area contributed by atoms with E-state index in [1.165, 1.54) is 11.3 Å². The number of aldehydes is 1. The number of hydrogen-bond acceptors (Lipinski definition) is 3. The Morgan fingerprint density at radius 1 is 1.38 bits per heavy atom. The summed E-state index contributed by atoms with van der Waals surface area (Å²) >= 11 is 1.36. The molecule has 0 unspecified atom stereocenters. The van der Waals surface area contributed by atoms with E-state index < -0.39 is 0 Å². The van der Waals surface area contributed by atoms with Gasteiger partial charge in [-0.25, -0.2) is 4.79 Å². The normalized spacial score (nSPS) is 21.4. The predicted octanol–water partition coefficient (Wildman–Crippen LogP) is 2.47. The van der Waals surface area contributed by atoms with E-state index >= 15 is 0 Å². The molecule has 0 radical (unpaired) electrons. The number of rotatable bonds is 1. The minimum atomic E-state index is -0.213. The van der Waals surface area contributed by atoms with Gasteiger partial charge in [0.1, 0.15) is 5.00 Å². The highest BCUT2D eigenvalue weighted by Crippen LogP contribution is 2.46. The fourth-order valence-corrected chi connectivity index (χ4v) is 3.68. The maximum Gasteiger partial charge on any atom is 0.320 e. The van der Waals surface area contributed by atoms with Gasteiger partial charge in [-0.2, -0.15) is 0 Å². The average Bonchev–Trinajstić information content (AvgIpc) is 2.85. The number of carbonyl (C=O) groups is 2. The maximum absolute atomic E-state index is 11.6. The first-order valence-corrected chi connectivity index (χ1v) is 6.24. The van der Waals surface area contributed by atoms with Crippen LogP contribution in [0.15, 0.2) is 6.07 Å². The molecule has 2 heterocycles. The molecular formula is C11H12N2O2S. The maximum atomic E-state index is 11.6. The molecule has 2 aliphatic rings. The lowest BCUT2D eigenvalue weighted by Crippen LogP contribution is -2.49. The first-order valence-electron chi connectivity index (χ1n) is 5.42. The van der Waals surface area contributed by atoms with Gasteiger partial charge in [0.25, 0.3) is 0 Å². The summed E-state index contributed by atoms with van der Waals surface area (Å²) < 4.78 is 0. The second kappa shape index (κ2) is 3.31. The van der Waals surface area contributed by atoms with Gasteiger partial charge < -0.3 is 5.32 Å². The van der Waals surface area contributed by atoms with Crippen LogP contribution in [0.25, 0.3) is 0 Å². The molecule has 4 nitrogen and oxygen atoms in total. The molecule has 1 aromatic heterocycles. The van der Waals surface area contributed by atoms with Crippen LogP contribution in [0.3, 0.4) is 0 Å². The van der Waals surface area contributed by atoms with Crippen molar-refractivity contribution in [2.75, 3.05) is 5.32 Å². The number of carbonyl (C=O) groups excluding carboxylic acids is 2. The van der Waals surface area contributed by atoms with Crippen LogP contribution in [-0.2, 0) is 5.54 Å². The molecule has 1 aliphatic carbocycles. The Morgan fingerprint density at radius 3 is 2.81 bits per heavy atom. The van der Waals surface area contributed by atoms with Gasteiger partial charge in [0.05, 0.1) is 10.4 Å². The number of nitrogens with one attached hydrogen (secondary N) is 2. The van der Waals surface area contributed by atoms with Gasteiger partial charge in [-0.15, -0.1) is 11.3 Å². The largest absolute Gasteiger partial charge is 0.328 e. The average molecular weight is 236 g/mol. The van der Waals surface area contributed by atoms with Crippen molar-refractivity contribution >= 4 is 28.7 Å². The first kappa shape index (κ1) is 9.84. The molecule has 84 valence electrons. The lowest BCUT2D eigenvalue weighted by molar-refractivity contribution is 0.112. The quantitative estimate of drug-likeness (QED) is 0.736. The summed E-state index contributed by atoms with van der Waals surface area (Å²) in [4.78, 5) is 23.0. The third kappa shape index (κ3) is 1.28. The molecule has 2 amide bonds. The number of amides is 2. The summed E-state index contributed by atoms with van der Waals surface area (Å²) in [6.45, 7) is 0. The fourth-order valence-electron chi connectivity index (χ4n) is 2.71. The van der Waals surface area contributed by atoms with E-state index in [1.54, 1.807) is 0 Å². The number of hydrogen-bond donors (Lipinski definition) is 2. The highest BCUT2D eigenvalue weighted by molar-refractivity contribution is 7.18. The van der Waals surface area contributed by atoms with E-state index in [4.69, 9.17) is 0 Å². The van der Waals surface area contributed by atoms with Crippen LogP contribution in [0.1, 0.15) is 40.9 Å². The van der Waals surface area contributed by atoms with Crippen molar-refractivity contribution in [2.24, 2.45) is 0 Å². The Labute approximate surface area is 97.0 Å². The van der Waals surface area contributed by atoms with Gasteiger partial charge in [-0.1, -0.05) is 12.8 Å². The van der Waals surface area contributed by atoms with Crippen LogP contribution < -0.4 is 10.6 Å². The molecule has 2 N–H and O–H groups in total. The Bertz CT molecular complexity index is 461. The van der Waals surface area contributed by atoms with Crippen LogP contribution >= 0.6 is 11.3 Å². The van der Waals surface area contributed by atoms with Crippen LogP contribution in [-0.4, -0.2) is 12.3 Å². The van der Waals surface area contributed by atoms with Gasteiger partial charge in [-0.05, 0) is 18.9 Å². The monoisotopic (exact) mass is 236 g/mol. The summed E-state index contributed by atoms with van der Waals surface area (Å²) in [5, 5.41) is 6.64. The molecule has 0 atom stereocenters. The summed E-state index contributed by atoms with van der Waals surface area (Å²) in [6, 6.07) is 1.76. The Morgan fingerprint density at radius 2 is 2.12 bits per heavy atom. The predicted molar refractivity (Wildman–Crippen MR) is 62.0 cm³/mol. The van der Waals surface area contributed by atoms with E-state index in [0.29, 0.717) is 4.88 Å². The molecule has 16 heavy (non-hydrogen) atoms. The van der Waals surface area contributed by atoms with Crippen molar-refractivity contribution in [1.29, 1.82) is 0 Å². The molecule has 1 spiro atoms. The highest BCUT2D eigenvalue weighted by atomic mass is 32.1. The lowest BCUT2D eigenvalue weighted by Gasteiger charge is -2.34. The molecule has 0 bridgehead atoms. The van der Waals surface area contributed by atoms with Crippen molar-refractivity contribution in [2.45, 2.75) is 31.2 Å². The number of thiophene rings is 1. The number of fused-ring (bicyclic) bond motifs is 2. The van der Waals surface area contributed by atoms with Gasteiger partial charge >= 0.3 is 6.03 Å². The summed E-state index contributed by atoms with van der Waals surface area (Å²) in [5.74, 6) is 0. The highest BCUT2D eigenvalue weighted by Gasteiger charge is 2.42. The topological polar surface area (TPSA) is 58.2 Å². The van der Waals surface area contributed by atoms with E-state index in [-0.39, 0.29) is 11.6 Å². The number of urea groups is 1. The van der Waals surface area contributed by atoms with Crippen LogP contribution in [0, 0.1) is 0 Å². The van der Waals surface area contributed by atoms with E-state index in [1.807, 2.05) is 6.07 Å². The minimum absolute atomic E-state index is 0.145. The van der Waals surface area contributed by atoms with Gasteiger partial charge in [0.15, 0.2) is 6.29 Å². The van der Waals surface area contributed by atoms with Gasteiger partial charge in [-0.3, -0.25) is 10.1 Å². The second-order valence-electron chi connectivity index (χ2n) is 4.38.